The first kappa shape index (κ1) is 17.5. The third-order valence-electron chi connectivity index (χ3n) is 4.24. The zero-order chi connectivity index (χ0) is 19.5. The number of carbonyl (C=O) groups is 1. The average Bonchev–Trinajstić information content (AvgIpc) is 3.38. The minimum Gasteiger partial charge on any atom is -0.497 e. The van der Waals surface area contributed by atoms with Crippen molar-refractivity contribution in [3.8, 4) is 17.3 Å². The maximum absolute atomic E-state index is 13.3. The average molecular weight is 376 g/mol. The molecule has 4 rings (SSSR count). The lowest BCUT2D eigenvalue weighted by Gasteiger charge is -2.11. The minimum atomic E-state index is -0.339. The number of hydrogen-bond acceptors (Lipinski definition) is 3. The molecule has 0 fully saturated rings. The molecule has 0 aliphatic heterocycles. The normalized spacial score (nSPS) is 10.6. The third-order valence-corrected chi connectivity index (χ3v) is 4.24. The van der Waals surface area contributed by atoms with Gasteiger partial charge in [0.1, 0.15) is 17.1 Å². The van der Waals surface area contributed by atoms with Crippen LogP contribution in [-0.4, -0.2) is 27.4 Å². The second-order valence-electron chi connectivity index (χ2n) is 6.05. The molecule has 7 heteroatoms. The van der Waals surface area contributed by atoms with Crippen molar-refractivity contribution in [2.45, 2.75) is 0 Å². The number of ether oxygens (including phenoxy) is 1. The van der Waals surface area contributed by atoms with E-state index in [4.69, 9.17) is 4.74 Å². The summed E-state index contributed by atoms with van der Waals surface area (Å²) in [4.78, 5) is 12.9. The summed E-state index contributed by atoms with van der Waals surface area (Å²) in [6, 6.07) is 16.7. The molecule has 0 unspecified atom stereocenters. The Morgan fingerprint density at radius 2 is 1.82 bits per heavy atom. The smallest absolute Gasteiger partial charge is 0.261 e. The van der Waals surface area contributed by atoms with Crippen molar-refractivity contribution in [2.24, 2.45) is 0 Å². The molecule has 4 aromatic rings. The Morgan fingerprint density at radius 3 is 2.54 bits per heavy atom. The minimum absolute atomic E-state index is 0.315. The SMILES string of the molecule is COc1cccc(NC(=O)c2cnn(-c3ccc(F)cc3)c2-n2cccc2)c1. The number of rotatable bonds is 5. The van der Waals surface area contributed by atoms with Gasteiger partial charge in [-0.2, -0.15) is 5.10 Å². The highest BCUT2D eigenvalue weighted by Crippen LogP contribution is 2.22. The molecule has 1 N–H and O–H groups in total. The van der Waals surface area contributed by atoms with Gasteiger partial charge >= 0.3 is 0 Å². The molecule has 0 saturated carbocycles. The number of carbonyl (C=O) groups excluding carboxylic acids is 1. The van der Waals surface area contributed by atoms with Crippen LogP contribution in [0.1, 0.15) is 10.4 Å². The van der Waals surface area contributed by atoms with E-state index in [2.05, 4.69) is 10.4 Å². The van der Waals surface area contributed by atoms with Gasteiger partial charge in [-0.1, -0.05) is 6.07 Å². The molecule has 6 nitrogen and oxygen atoms in total. The fourth-order valence-corrected chi connectivity index (χ4v) is 2.90. The number of halogens is 1. The lowest BCUT2D eigenvalue weighted by molar-refractivity contribution is 0.102. The van der Waals surface area contributed by atoms with Crippen molar-refractivity contribution < 1.29 is 13.9 Å². The van der Waals surface area contributed by atoms with E-state index in [0.717, 1.165) is 0 Å². The van der Waals surface area contributed by atoms with Crippen molar-refractivity contribution in [1.29, 1.82) is 0 Å². The van der Waals surface area contributed by atoms with Gasteiger partial charge in [-0.25, -0.2) is 9.07 Å². The quantitative estimate of drug-likeness (QED) is 0.571. The second kappa shape index (κ2) is 7.40. The van der Waals surface area contributed by atoms with Crippen LogP contribution in [0.25, 0.3) is 11.5 Å². The fraction of sp³-hybridized carbons (Fsp3) is 0.0476. The molecule has 28 heavy (non-hydrogen) atoms. The first-order valence-electron chi connectivity index (χ1n) is 8.58. The van der Waals surface area contributed by atoms with Gasteiger partial charge in [0.25, 0.3) is 5.91 Å². The van der Waals surface area contributed by atoms with Gasteiger partial charge in [0.2, 0.25) is 0 Å². The Morgan fingerprint density at radius 1 is 1.07 bits per heavy atom. The van der Waals surface area contributed by atoms with Crippen LogP contribution in [0, 0.1) is 5.82 Å². The lowest BCUT2D eigenvalue weighted by atomic mass is 10.2. The van der Waals surface area contributed by atoms with Gasteiger partial charge in [-0.05, 0) is 48.5 Å². The van der Waals surface area contributed by atoms with Crippen LogP contribution in [0.3, 0.4) is 0 Å². The summed E-state index contributed by atoms with van der Waals surface area (Å²) in [7, 11) is 1.57. The van der Waals surface area contributed by atoms with Crippen LogP contribution in [-0.2, 0) is 0 Å². The molecular weight excluding hydrogens is 359 g/mol. The highest BCUT2D eigenvalue weighted by molar-refractivity contribution is 6.06. The predicted octanol–water partition coefficient (Wildman–Crippen LogP) is 4.06. The molecule has 140 valence electrons. The van der Waals surface area contributed by atoms with Crippen molar-refractivity contribution >= 4 is 11.6 Å². The standard InChI is InChI=1S/C21H17FN4O2/c1-28-18-6-4-5-16(13-18)24-20(27)19-14-23-26(17-9-7-15(22)8-10-17)21(19)25-11-2-3-12-25/h2-14H,1H3,(H,24,27). The Kier molecular flexibility index (Phi) is 4.63. The molecule has 0 bridgehead atoms. The van der Waals surface area contributed by atoms with Crippen LogP contribution in [0.2, 0.25) is 0 Å². The molecule has 0 saturated heterocycles. The first-order valence-corrected chi connectivity index (χ1v) is 8.58. The van der Waals surface area contributed by atoms with Crippen LogP contribution >= 0.6 is 0 Å². The van der Waals surface area contributed by atoms with Crippen LogP contribution in [0.4, 0.5) is 10.1 Å². The Labute approximate surface area is 160 Å². The van der Waals surface area contributed by atoms with E-state index in [1.165, 1.54) is 18.3 Å². The van der Waals surface area contributed by atoms with E-state index < -0.39 is 0 Å². The molecule has 2 heterocycles. The van der Waals surface area contributed by atoms with Gasteiger partial charge < -0.3 is 14.6 Å². The number of nitrogens with zero attached hydrogens (tertiary/aromatic N) is 3. The van der Waals surface area contributed by atoms with E-state index in [0.29, 0.717) is 28.5 Å². The highest BCUT2D eigenvalue weighted by Gasteiger charge is 2.20. The summed E-state index contributed by atoms with van der Waals surface area (Å²) in [6.45, 7) is 0. The molecular formula is C21H17FN4O2. The number of benzene rings is 2. The number of anilines is 1. The molecule has 0 atom stereocenters. The van der Waals surface area contributed by atoms with Gasteiger partial charge in [0, 0.05) is 24.1 Å². The first-order chi connectivity index (χ1) is 13.7. The summed E-state index contributed by atoms with van der Waals surface area (Å²) < 4.78 is 21.9. The summed E-state index contributed by atoms with van der Waals surface area (Å²) in [5.41, 5.74) is 1.63. The summed E-state index contributed by atoms with van der Waals surface area (Å²) in [6.07, 6.45) is 5.13. The largest absolute Gasteiger partial charge is 0.497 e. The van der Waals surface area contributed by atoms with Gasteiger partial charge in [-0.3, -0.25) is 4.79 Å². The van der Waals surface area contributed by atoms with Crippen LogP contribution < -0.4 is 10.1 Å². The van der Waals surface area contributed by atoms with Gasteiger partial charge in [-0.15, -0.1) is 0 Å². The maximum atomic E-state index is 13.3. The molecule has 0 radical (unpaired) electrons. The third kappa shape index (κ3) is 3.37. The number of methoxy groups -OCH3 is 1. The predicted molar refractivity (Wildman–Crippen MR) is 104 cm³/mol. The van der Waals surface area contributed by atoms with Gasteiger partial charge in [0.15, 0.2) is 5.82 Å². The van der Waals surface area contributed by atoms with E-state index in [1.54, 1.807) is 52.8 Å². The summed E-state index contributed by atoms with van der Waals surface area (Å²) >= 11 is 0. The zero-order valence-corrected chi connectivity index (χ0v) is 15.0. The molecule has 2 aromatic heterocycles. The Hall–Kier alpha value is -3.87. The summed E-state index contributed by atoms with van der Waals surface area (Å²) in [5, 5.41) is 7.22. The van der Waals surface area contributed by atoms with Crippen molar-refractivity contribution in [3.63, 3.8) is 0 Å². The monoisotopic (exact) mass is 376 g/mol. The van der Waals surface area contributed by atoms with Crippen molar-refractivity contribution in [2.75, 3.05) is 12.4 Å². The fourth-order valence-electron chi connectivity index (χ4n) is 2.90. The van der Waals surface area contributed by atoms with Crippen molar-refractivity contribution in [3.05, 3.63) is 90.6 Å². The van der Waals surface area contributed by atoms with Gasteiger partial charge in [0.05, 0.1) is 19.0 Å². The summed E-state index contributed by atoms with van der Waals surface area (Å²) in [5.74, 6) is 0.544. The number of aromatic nitrogens is 3. The number of amides is 1. The maximum Gasteiger partial charge on any atom is 0.261 e. The topological polar surface area (TPSA) is 61.1 Å². The number of hydrogen-bond donors (Lipinski definition) is 1. The van der Waals surface area contributed by atoms with E-state index >= 15 is 0 Å². The molecule has 2 aromatic carbocycles. The van der Waals surface area contributed by atoms with E-state index in [1.807, 2.05) is 24.5 Å². The molecule has 0 aliphatic rings. The van der Waals surface area contributed by atoms with Crippen LogP contribution in [0.15, 0.2) is 79.3 Å². The molecule has 0 aliphatic carbocycles. The molecule has 0 spiro atoms. The Balaban J connectivity index is 1.74. The van der Waals surface area contributed by atoms with Crippen molar-refractivity contribution in [1.82, 2.24) is 14.3 Å². The number of nitrogens with one attached hydrogen (secondary N) is 1. The highest BCUT2D eigenvalue weighted by atomic mass is 19.1. The Bertz CT molecular complexity index is 1100. The second-order valence-corrected chi connectivity index (χ2v) is 6.05. The zero-order valence-electron chi connectivity index (χ0n) is 15.0. The van der Waals surface area contributed by atoms with E-state index in [9.17, 15) is 9.18 Å². The van der Waals surface area contributed by atoms with E-state index in [-0.39, 0.29) is 11.7 Å². The van der Waals surface area contributed by atoms with Crippen LogP contribution in [0.5, 0.6) is 5.75 Å². The molecule has 1 amide bonds. The lowest BCUT2D eigenvalue weighted by Crippen LogP contribution is -2.15.